The van der Waals surface area contributed by atoms with Crippen molar-refractivity contribution < 1.29 is 0 Å². The zero-order valence-corrected chi connectivity index (χ0v) is 8.04. The molecule has 0 amide bonds. The third-order valence-electron chi connectivity index (χ3n) is 2.12. The lowest BCUT2D eigenvalue weighted by molar-refractivity contribution is 0.675. The fourth-order valence-electron chi connectivity index (χ4n) is 1.27. The molecule has 0 atom stereocenters. The summed E-state index contributed by atoms with van der Waals surface area (Å²) in [6.07, 6.45) is 3.59. The molecule has 0 aliphatic heterocycles. The van der Waals surface area contributed by atoms with Crippen LogP contribution in [0.15, 0.2) is 18.5 Å². The van der Waals surface area contributed by atoms with Gasteiger partial charge in [-0.2, -0.15) is 10.2 Å². The van der Waals surface area contributed by atoms with Crippen LogP contribution in [0, 0.1) is 6.92 Å². The molecule has 2 aromatic heterocycles. The number of H-pyrrole nitrogens is 2. The second-order valence-corrected chi connectivity index (χ2v) is 3.21. The first-order valence-corrected chi connectivity index (χ1v) is 4.54. The smallest absolute Gasteiger partial charge is 0.0535 e. The van der Waals surface area contributed by atoms with Crippen LogP contribution in [0.3, 0.4) is 0 Å². The molecule has 2 aromatic rings. The first-order chi connectivity index (χ1) is 6.86. The quantitative estimate of drug-likeness (QED) is 0.667. The van der Waals surface area contributed by atoms with Crippen molar-refractivity contribution in [2.24, 2.45) is 0 Å². The van der Waals surface area contributed by atoms with Gasteiger partial charge in [0.15, 0.2) is 0 Å². The van der Waals surface area contributed by atoms with Gasteiger partial charge in [0, 0.05) is 36.2 Å². The Morgan fingerprint density at radius 2 is 2.21 bits per heavy atom. The molecular formula is C9H13N5. The Morgan fingerprint density at radius 3 is 2.86 bits per heavy atom. The Bertz CT molecular complexity index is 376. The maximum Gasteiger partial charge on any atom is 0.0535 e. The highest BCUT2D eigenvalue weighted by Crippen LogP contribution is 2.01. The summed E-state index contributed by atoms with van der Waals surface area (Å²) in [4.78, 5) is 0. The Labute approximate surface area is 81.9 Å². The Kier molecular flexibility index (Phi) is 2.60. The highest BCUT2D eigenvalue weighted by atomic mass is 15.1. The fraction of sp³-hybridized carbons (Fsp3) is 0.333. The number of rotatable bonds is 4. The van der Waals surface area contributed by atoms with E-state index in [1.807, 2.05) is 19.2 Å². The van der Waals surface area contributed by atoms with Gasteiger partial charge in [0.1, 0.15) is 0 Å². The lowest BCUT2D eigenvalue weighted by atomic mass is 10.2. The maximum absolute atomic E-state index is 3.95. The molecular weight excluding hydrogens is 178 g/mol. The van der Waals surface area contributed by atoms with E-state index in [0.29, 0.717) is 0 Å². The van der Waals surface area contributed by atoms with Gasteiger partial charge in [0.05, 0.1) is 6.20 Å². The fourth-order valence-corrected chi connectivity index (χ4v) is 1.27. The molecule has 0 saturated carbocycles. The van der Waals surface area contributed by atoms with Gasteiger partial charge < -0.3 is 5.32 Å². The number of aryl methyl sites for hydroxylation is 1. The summed E-state index contributed by atoms with van der Waals surface area (Å²) in [6.45, 7) is 3.63. The van der Waals surface area contributed by atoms with Crippen molar-refractivity contribution in [2.75, 3.05) is 0 Å². The van der Waals surface area contributed by atoms with Crippen LogP contribution in [0.5, 0.6) is 0 Å². The highest BCUT2D eigenvalue weighted by molar-refractivity contribution is 5.13. The van der Waals surface area contributed by atoms with Gasteiger partial charge in [0.2, 0.25) is 0 Å². The van der Waals surface area contributed by atoms with Gasteiger partial charge in [-0.15, -0.1) is 0 Å². The van der Waals surface area contributed by atoms with E-state index in [-0.39, 0.29) is 0 Å². The number of nitrogens with one attached hydrogen (secondary N) is 3. The van der Waals surface area contributed by atoms with Crippen LogP contribution >= 0.6 is 0 Å². The van der Waals surface area contributed by atoms with Crippen molar-refractivity contribution in [3.8, 4) is 0 Å². The van der Waals surface area contributed by atoms with Crippen molar-refractivity contribution >= 4 is 0 Å². The van der Waals surface area contributed by atoms with Gasteiger partial charge in [0.25, 0.3) is 0 Å². The topological polar surface area (TPSA) is 69.4 Å². The highest BCUT2D eigenvalue weighted by Gasteiger charge is 1.99. The Morgan fingerprint density at radius 1 is 1.29 bits per heavy atom. The average molecular weight is 191 g/mol. The summed E-state index contributed by atoms with van der Waals surface area (Å²) >= 11 is 0. The van der Waals surface area contributed by atoms with Crippen LogP contribution in [0.4, 0.5) is 0 Å². The second kappa shape index (κ2) is 4.06. The van der Waals surface area contributed by atoms with Gasteiger partial charge in [-0.25, -0.2) is 0 Å². The molecule has 0 saturated heterocycles. The molecule has 0 bridgehead atoms. The van der Waals surface area contributed by atoms with Crippen molar-refractivity contribution in [2.45, 2.75) is 20.0 Å². The van der Waals surface area contributed by atoms with Crippen LogP contribution in [-0.2, 0) is 13.1 Å². The van der Waals surface area contributed by atoms with Crippen LogP contribution in [-0.4, -0.2) is 20.4 Å². The first-order valence-electron chi connectivity index (χ1n) is 4.54. The van der Waals surface area contributed by atoms with Gasteiger partial charge in [-0.3, -0.25) is 10.2 Å². The van der Waals surface area contributed by atoms with Gasteiger partial charge in [-0.1, -0.05) is 0 Å². The molecule has 0 fully saturated rings. The molecule has 0 aliphatic carbocycles. The van der Waals surface area contributed by atoms with E-state index < -0.39 is 0 Å². The summed E-state index contributed by atoms with van der Waals surface area (Å²) in [6, 6.07) is 1.95. The molecule has 0 unspecified atom stereocenters. The van der Waals surface area contributed by atoms with E-state index >= 15 is 0 Å². The molecule has 3 N–H and O–H groups in total. The van der Waals surface area contributed by atoms with Gasteiger partial charge >= 0.3 is 0 Å². The zero-order valence-electron chi connectivity index (χ0n) is 8.04. The molecule has 0 radical (unpaired) electrons. The lowest BCUT2D eigenvalue weighted by Crippen LogP contribution is -2.13. The Balaban J connectivity index is 1.81. The average Bonchev–Trinajstić information content (AvgIpc) is 2.78. The summed E-state index contributed by atoms with van der Waals surface area (Å²) in [5.74, 6) is 0. The molecule has 5 heteroatoms. The van der Waals surface area contributed by atoms with Crippen LogP contribution < -0.4 is 5.32 Å². The van der Waals surface area contributed by atoms with E-state index in [1.165, 1.54) is 5.56 Å². The predicted molar refractivity (Wildman–Crippen MR) is 52.5 cm³/mol. The molecule has 2 rings (SSSR count). The van der Waals surface area contributed by atoms with Crippen molar-refractivity contribution in [3.05, 3.63) is 35.4 Å². The van der Waals surface area contributed by atoms with Gasteiger partial charge in [-0.05, 0) is 13.0 Å². The molecule has 0 aromatic carbocycles. The minimum absolute atomic E-state index is 0.796. The summed E-state index contributed by atoms with van der Waals surface area (Å²) in [7, 11) is 0. The molecule has 0 aliphatic rings. The van der Waals surface area contributed by atoms with Crippen LogP contribution in [0.1, 0.15) is 17.0 Å². The van der Waals surface area contributed by atoms with E-state index in [4.69, 9.17) is 0 Å². The number of hydrogen-bond donors (Lipinski definition) is 3. The molecule has 74 valence electrons. The monoisotopic (exact) mass is 191 g/mol. The third kappa shape index (κ3) is 2.00. The van der Waals surface area contributed by atoms with Crippen molar-refractivity contribution in [3.63, 3.8) is 0 Å². The van der Waals surface area contributed by atoms with E-state index in [1.54, 1.807) is 6.20 Å². The SMILES string of the molecule is Cc1[nH]ncc1CNCc1ccn[nH]1. The molecule has 0 spiro atoms. The first kappa shape index (κ1) is 8.96. The minimum Gasteiger partial charge on any atom is -0.307 e. The van der Waals surface area contributed by atoms with Crippen LogP contribution in [0.2, 0.25) is 0 Å². The second-order valence-electron chi connectivity index (χ2n) is 3.21. The van der Waals surface area contributed by atoms with Crippen LogP contribution in [0.25, 0.3) is 0 Å². The van der Waals surface area contributed by atoms with E-state index in [2.05, 4.69) is 25.7 Å². The van der Waals surface area contributed by atoms with E-state index in [9.17, 15) is 0 Å². The minimum atomic E-state index is 0.796. The Hall–Kier alpha value is -1.62. The zero-order chi connectivity index (χ0) is 9.80. The molecule has 5 nitrogen and oxygen atoms in total. The number of aromatic amines is 2. The number of aromatic nitrogens is 4. The molecule has 2 heterocycles. The van der Waals surface area contributed by atoms with E-state index in [0.717, 1.165) is 24.5 Å². The number of nitrogens with zero attached hydrogens (tertiary/aromatic N) is 2. The standard InChI is InChI=1S/C9H13N5/c1-7-8(5-12-13-7)4-10-6-9-2-3-11-14-9/h2-3,5,10H,4,6H2,1H3,(H,11,14)(H,12,13). The van der Waals surface area contributed by atoms with Crippen molar-refractivity contribution in [1.29, 1.82) is 0 Å². The predicted octanol–water partition coefficient (Wildman–Crippen LogP) is 0.731. The summed E-state index contributed by atoms with van der Waals surface area (Å²) in [5.41, 5.74) is 3.40. The lowest BCUT2D eigenvalue weighted by Gasteiger charge is -2.01. The normalized spacial score (nSPS) is 10.6. The van der Waals surface area contributed by atoms with Crippen molar-refractivity contribution in [1.82, 2.24) is 25.7 Å². The molecule has 14 heavy (non-hydrogen) atoms. The number of hydrogen-bond acceptors (Lipinski definition) is 3. The third-order valence-corrected chi connectivity index (χ3v) is 2.12. The summed E-state index contributed by atoms with van der Waals surface area (Å²) < 4.78 is 0. The maximum atomic E-state index is 3.95. The summed E-state index contributed by atoms with van der Waals surface area (Å²) in [5, 5.41) is 16.9. The largest absolute Gasteiger partial charge is 0.307 e.